The minimum atomic E-state index is 0.123. The van der Waals surface area contributed by atoms with Gasteiger partial charge >= 0.3 is 6.01 Å². The van der Waals surface area contributed by atoms with Gasteiger partial charge in [-0.25, -0.2) is 0 Å². The van der Waals surface area contributed by atoms with Crippen molar-refractivity contribution in [2.75, 3.05) is 37.1 Å². The van der Waals surface area contributed by atoms with Crippen LogP contribution in [0.3, 0.4) is 0 Å². The molecule has 102 valence electrons. The van der Waals surface area contributed by atoms with E-state index in [0.717, 1.165) is 6.54 Å². The van der Waals surface area contributed by atoms with Gasteiger partial charge in [-0.3, -0.25) is 0 Å². The molecule has 0 unspecified atom stereocenters. The molecule has 0 aliphatic carbocycles. The number of nitrogens with zero attached hydrogens (tertiary/aromatic N) is 3. The Kier molecular flexibility index (Phi) is 5.46. The van der Waals surface area contributed by atoms with Crippen LogP contribution in [0.2, 0.25) is 0 Å². The summed E-state index contributed by atoms with van der Waals surface area (Å²) >= 11 is 1.79. The summed E-state index contributed by atoms with van der Waals surface area (Å²) in [4.78, 5) is 12.5. The van der Waals surface area contributed by atoms with Crippen molar-refractivity contribution >= 4 is 23.7 Å². The summed E-state index contributed by atoms with van der Waals surface area (Å²) in [5, 5.41) is 6.10. The Bertz CT molecular complexity index is 386. The lowest BCUT2D eigenvalue weighted by Gasteiger charge is -2.22. The molecule has 0 radical (unpaired) electrons. The van der Waals surface area contributed by atoms with Crippen molar-refractivity contribution in [3.8, 4) is 6.01 Å². The number of ether oxygens (including phenoxy) is 1. The molecule has 1 aromatic heterocycles. The molecule has 0 aliphatic rings. The van der Waals surface area contributed by atoms with E-state index in [1.807, 2.05) is 6.92 Å². The summed E-state index contributed by atoms with van der Waals surface area (Å²) in [6, 6.07) is 0.335. The zero-order chi connectivity index (χ0) is 13.6. The van der Waals surface area contributed by atoms with Crippen molar-refractivity contribution < 1.29 is 4.74 Å². The van der Waals surface area contributed by atoms with Crippen LogP contribution in [-0.2, 0) is 0 Å². The normalized spacial score (nSPS) is 11.2. The number of hydrogen-bond acceptors (Lipinski definition) is 7. The maximum absolute atomic E-state index is 5.30. The van der Waals surface area contributed by atoms with E-state index >= 15 is 0 Å². The van der Waals surface area contributed by atoms with E-state index in [9.17, 15) is 0 Å². The van der Waals surface area contributed by atoms with Crippen LogP contribution in [-0.4, -0.2) is 46.2 Å². The quantitative estimate of drug-likeness (QED) is 0.784. The average Bonchev–Trinajstić information content (AvgIpc) is 2.37. The van der Waals surface area contributed by atoms with Gasteiger partial charge < -0.3 is 15.4 Å². The number of aromatic nitrogens is 3. The Morgan fingerprint density at radius 3 is 2.44 bits per heavy atom. The SMILES string of the molecule is CCOc1nc(NC)nc(NCC(C)(C)SC)n1. The third kappa shape index (κ3) is 4.56. The summed E-state index contributed by atoms with van der Waals surface area (Å²) in [6.07, 6.45) is 2.08. The van der Waals surface area contributed by atoms with Gasteiger partial charge in [0.05, 0.1) is 6.61 Å². The molecule has 1 aromatic rings. The molecule has 0 saturated carbocycles. The summed E-state index contributed by atoms with van der Waals surface area (Å²) in [6.45, 7) is 7.52. The van der Waals surface area contributed by atoms with Gasteiger partial charge in [0.25, 0.3) is 0 Å². The lowest BCUT2D eigenvalue weighted by Crippen LogP contribution is -2.26. The first-order chi connectivity index (χ1) is 8.50. The van der Waals surface area contributed by atoms with E-state index in [-0.39, 0.29) is 4.75 Å². The number of hydrogen-bond donors (Lipinski definition) is 2. The first-order valence-corrected chi connectivity index (χ1v) is 7.09. The van der Waals surface area contributed by atoms with Crippen molar-refractivity contribution in [3.63, 3.8) is 0 Å². The highest BCUT2D eigenvalue weighted by atomic mass is 32.2. The molecular weight excluding hydrogens is 250 g/mol. The van der Waals surface area contributed by atoms with Gasteiger partial charge in [0.15, 0.2) is 0 Å². The smallest absolute Gasteiger partial charge is 0.323 e. The molecule has 0 atom stereocenters. The maximum Gasteiger partial charge on any atom is 0.323 e. The van der Waals surface area contributed by atoms with Crippen LogP contribution in [0.25, 0.3) is 0 Å². The van der Waals surface area contributed by atoms with Gasteiger partial charge in [-0.05, 0) is 27.0 Å². The molecule has 6 nitrogen and oxygen atoms in total. The van der Waals surface area contributed by atoms with Crippen LogP contribution in [0.1, 0.15) is 20.8 Å². The number of nitrogens with one attached hydrogen (secondary N) is 2. The Morgan fingerprint density at radius 1 is 1.22 bits per heavy atom. The molecule has 0 aromatic carbocycles. The first kappa shape index (κ1) is 14.8. The first-order valence-electron chi connectivity index (χ1n) is 5.86. The topological polar surface area (TPSA) is 72.0 Å². The summed E-state index contributed by atoms with van der Waals surface area (Å²) in [7, 11) is 1.76. The van der Waals surface area contributed by atoms with E-state index < -0.39 is 0 Å². The highest BCUT2D eigenvalue weighted by Crippen LogP contribution is 2.21. The molecule has 0 amide bonds. The molecule has 1 rings (SSSR count). The van der Waals surface area contributed by atoms with Crippen LogP contribution >= 0.6 is 11.8 Å². The Hall–Kier alpha value is -1.24. The van der Waals surface area contributed by atoms with Crippen LogP contribution < -0.4 is 15.4 Å². The Labute approximate surface area is 112 Å². The van der Waals surface area contributed by atoms with Gasteiger partial charge in [0.2, 0.25) is 11.9 Å². The summed E-state index contributed by atoms with van der Waals surface area (Å²) < 4.78 is 5.42. The standard InChI is InChI=1S/C11H21N5OS/c1-6-17-10-15-8(12-4)14-9(16-10)13-7-11(2,3)18-5/h6-7H2,1-5H3,(H2,12,13,14,15,16). The van der Waals surface area contributed by atoms with Crippen LogP contribution in [0, 0.1) is 0 Å². The monoisotopic (exact) mass is 271 g/mol. The molecule has 0 saturated heterocycles. The van der Waals surface area contributed by atoms with Gasteiger partial charge in [0, 0.05) is 18.3 Å². The van der Waals surface area contributed by atoms with Gasteiger partial charge in [-0.1, -0.05) is 0 Å². The zero-order valence-corrected chi connectivity index (χ0v) is 12.4. The third-order valence-electron chi connectivity index (χ3n) is 2.34. The zero-order valence-electron chi connectivity index (χ0n) is 11.6. The van der Waals surface area contributed by atoms with Crippen LogP contribution in [0.15, 0.2) is 0 Å². The fourth-order valence-corrected chi connectivity index (χ4v) is 1.32. The average molecular weight is 271 g/mol. The largest absolute Gasteiger partial charge is 0.464 e. The second-order valence-corrected chi connectivity index (χ2v) is 5.78. The molecule has 1 heterocycles. The molecule has 0 spiro atoms. The molecular formula is C11H21N5OS. The van der Waals surface area contributed by atoms with Gasteiger partial charge in [-0.2, -0.15) is 26.7 Å². The van der Waals surface area contributed by atoms with E-state index in [0.29, 0.717) is 24.5 Å². The number of rotatable bonds is 7. The van der Waals surface area contributed by atoms with E-state index in [1.54, 1.807) is 18.8 Å². The van der Waals surface area contributed by atoms with Crippen LogP contribution in [0.5, 0.6) is 6.01 Å². The van der Waals surface area contributed by atoms with Crippen molar-refractivity contribution in [3.05, 3.63) is 0 Å². The third-order valence-corrected chi connectivity index (χ3v) is 3.59. The Balaban J connectivity index is 2.78. The fourth-order valence-electron chi connectivity index (χ4n) is 1.11. The van der Waals surface area contributed by atoms with Gasteiger partial charge in [0.1, 0.15) is 0 Å². The second-order valence-electron chi connectivity index (χ2n) is 4.27. The lowest BCUT2D eigenvalue weighted by molar-refractivity contribution is 0.312. The highest BCUT2D eigenvalue weighted by molar-refractivity contribution is 7.99. The molecule has 7 heteroatoms. The number of thioether (sulfide) groups is 1. The van der Waals surface area contributed by atoms with Crippen LogP contribution in [0.4, 0.5) is 11.9 Å². The summed E-state index contributed by atoms with van der Waals surface area (Å²) in [5.41, 5.74) is 0. The molecule has 18 heavy (non-hydrogen) atoms. The van der Waals surface area contributed by atoms with Crippen molar-refractivity contribution in [2.24, 2.45) is 0 Å². The molecule has 0 bridgehead atoms. The van der Waals surface area contributed by atoms with Gasteiger partial charge in [-0.15, -0.1) is 0 Å². The molecule has 0 aliphatic heterocycles. The molecule has 0 fully saturated rings. The summed E-state index contributed by atoms with van der Waals surface area (Å²) in [5.74, 6) is 1.03. The van der Waals surface area contributed by atoms with Crippen molar-refractivity contribution in [2.45, 2.75) is 25.5 Å². The van der Waals surface area contributed by atoms with E-state index in [2.05, 4.69) is 45.7 Å². The van der Waals surface area contributed by atoms with Crippen molar-refractivity contribution in [1.82, 2.24) is 15.0 Å². The highest BCUT2D eigenvalue weighted by Gasteiger charge is 2.16. The minimum Gasteiger partial charge on any atom is -0.464 e. The predicted molar refractivity (Wildman–Crippen MR) is 76.6 cm³/mol. The Morgan fingerprint density at radius 2 is 1.89 bits per heavy atom. The second kappa shape index (κ2) is 6.63. The van der Waals surface area contributed by atoms with E-state index in [1.165, 1.54) is 0 Å². The predicted octanol–water partition coefficient (Wildman–Crippen LogP) is 1.87. The fraction of sp³-hybridized carbons (Fsp3) is 0.727. The maximum atomic E-state index is 5.30. The van der Waals surface area contributed by atoms with E-state index in [4.69, 9.17) is 4.74 Å². The minimum absolute atomic E-state index is 0.123. The number of anilines is 2. The van der Waals surface area contributed by atoms with Crippen molar-refractivity contribution in [1.29, 1.82) is 0 Å². The molecule has 2 N–H and O–H groups in total. The lowest BCUT2D eigenvalue weighted by atomic mass is 10.2.